The molecule has 1 fully saturated rings. The Labute approximate surface area is 192 Å². The topological polar surface area (TPSA) is 50.7 Å². The highest BCUT2D eigenvalue weighted by molar-refractivity contribution is 8.14. The predicted molar refractivity (Wildman–Crippen MR) is 127 cm³/mol. The standard InChI is InChI=1S/C23H24ClF3N4S/c1-13-16(5-4-6-19(13)23(25,26)27)12-28-21-18-11-17(15-7-9-32(3)10-8-15)20(24)31-22(18)30-14(2)29-21/h4-6,11,15H,3,7-10,12H2,1-2H3,(H,28,29,30,31). The lowest BCUT2D eigenvalue weighted by atomic mass is 9.94. The summed E-state index contributed by atoms with van der Waals surface area (Å²) in [6.07, 6.45) is -2.36. The summed E-state index contributed by atoms with van der Waals surface area (Å²) in [6.45, 7) is 3.44. The SMILES string of the molecule is C=S1CCC(c2cc3c(NCc4cccc(C(F)(F)F)c4C)nc(C)nc3nc2Cl)CC1. The molecule has 1 aliphatic rings. The van der Waals surface area contributed by atoms with E-state index in [9.17, 15) is 13.2 Å². The molecule has 1 saturated heterocycles. The molecule has 0 bridgehead atoms. The van der Waals surface area contributed by atoms with Crippen LogP contribution in [0.25, 0.3) is 11.0 Å². The number of benzene rings is 1. The largest absolute Gasteiger partial charge is 0.416 e. The number of nitrogens with zero attached hydrogens (tertiary/aromatic N) is 3. The van der Waals surface area contributed by atoms with E-state index in [-0.39, 0.29) is 22.6 Å². The lowest BCUT2D eigenvalue weighted by Gasteiger charge is -2.25. The number of hydrogen-bond acceptors (Lipinski definition) is 4. The van der Waals surface area contributed by atoms with Crippen molar-refractivity contribution in [3.8, 4) is 0 Å². The van der Waals surface area contributed by atoms with E-state index in [0.29, 0.717) is 33.9 Å². The molecule has 0 atom stereocenters. The number of hydrogen-bond donors (Lipinski definition) is 1. The van der Waals surface area contributed by atoms with Crippen LogP contribution in [0.4, 0.5) is 19.0 Å². The van der Waals surface area contributed by atoms with Crippen LogP contribution in [0.1, 0.15) is 46.8 Å². The molecule has 170 valence electrons. The van der Waals surface area contributed by atoms with Crippen molar-refractivity contribution in [3.63, 3.8) is 0 Å². The third-order valence-corrected chi connectivity index (χ3v) is 7.86. The second kappa shape index (κ2) is 8.98. The molecule has 0 aliphatic carbocycles. The molecular weight excluding hydrogens is 457 g/mol. The van der Waals surface area contributed by atoms with E-state index < -0.39 is 11.7 Å². The summed E-state index contributed by atoms with van der Waals surface area (Å²) >= 11 is 6.52. The van der Waals surface area contributed by atoms with Gasteiger partial charge in [-0.25, -0.2) is 15.0 Å². The van der Waals surface area contributed by atoms with E-state index in [4.69, 9.17) is 11.6 Å². The summed E-state index contributed by atoms with van der Waals surface area (Å²) < 4.78 is 39.8. The number of halogens is 4. The second-order valence-corrected chi connectivity index (χ2v) is 10.5. The van der Waals surface area contributed by atoms with Crippen LogP contribution in [0, 0.1) is 13.8 Å². The van der Waals surface area contributed by atoms with E-state index in [2.05, 4.69) is 26.1 Å². The van der Waals surface area contributed by atoms with Gasteiger partial charge >= 0.3 is 6.18 Å². The number of nitrogens with one attached hydrogen (secondary N) is 1. The van der Waals surface area contributed by atoms with Gasteiger partial charge in [-0.2, -0.15) is 23.7 Å². The van der Waals surface area contributed by atoms with Gasteiger partial charge in [0.05, 0.1) is 10.9 Å². The predicted octanol–water partition coefficient (Wildman–Crippen LogP) is 6.50. The fourth-order valence-electron chi connectivity index (χ4n) is 4.11. The van der Waals surface area contributed by atoms with Crippen LogP contribution in [-0.2, 0) is 12.7 Å². The number of rotatable bonds is 4. The Hall–Kier alpha value is -2.19. The Morgan fingerprint density at radius 3 is 2.56 bits per heavy atom. The number of aryl methyl sites for hydroxylation is 1. The Bertz CT molecular complexity index is 1190. The maximum atomic E-state index is 13.3. The van der Waals surface area contributed by atoms with Crippen molar-refractivity contribution < 1.29 is 13.2 Å². The molecule has 0 amide bonds. The molecule has 2 aromatic heterocycles. The Morgan fingerprint density at radius 1 is 1.16 bits per heavy atom. The molecule has 1 N–H and O–H groups in total. The van der Waals surface area contributed by atoms with Crippen LogP contribution in [0.5, 0.6) is 0 Å². The Morgan fingerprint density at radius 2 is 1.88 bits per heavy atom. The van der Waals surface area contributed by atoms with Crippen LogP contribution < -0.4 is 5.32 Å². The lowest BCUT2D eigenvalue weighted by Crippen LogP contribution is -2.12. The van der Waals surface area contributed by atoms with Crippen molar-refractivity contribution >= 4 is 44.8 Å². The minimum absolute atomic E-state index is 0.201. The summed E-state index contributed by atoms with van der Waals surface area (Å²) in [5, 5.41) is 4.38. The minimum atomic E-state index is -4.39. The molecule has 32 heavy (non-hydrogen) atoms. The zero-order valence-corrected chi connectivity index (χ0v) is 19.5. The van der Waals surface area contributed by atoms with Gasteiger partial charge < -0.3 is 5.32 Å². The number of anilines is 1. The molecule has 0 saturated carbocycles. The van der Waals surface area contributed by atoms with Crippen molar-refractivity contribution in [2.75, 3.05) is 16.8 Å². The van der Waals surface area contributed by atoms with Crippen molar-refractivity contribution in [3.05, 3.63) is 57.5 Å². The third kappa shape index (κ3) is 4.76. The average Bonchev–Trinajstić information content (AvgIpc) is 2.72. The Kier molecular flexibility index (Phi) is 6.45. The van der Waals surface area contributed by atoms with Gasteiger partial charge in [0.25, 0.3) is 0 Å². The highest BCUT2D eigenvalue weighted by Gasteiger charge is 2.32. The van der Waals surface area contributed by atoms with Crippen LogP contribution in [-0.4, -0.2) is 32.3 Å². The molecule has 3 aromatic rings. The normalized spacial score (nSPS) is 19.3. The van der Waals surface area contributed by atoms with Gasteiger partial charge in [0.15, 0.2) is 5.65 Å². The van der Waals surface area contributed by atoms with E-state index in [1.807, 2.05) is 6.07 Å². The lowest BCUT2D eigenvalue weighted by molar-refractivity contribution is -0.138. The van der Waals surface area contributed by atoms with Gasteiger partial charge in [-0.1, -0.05) is 29.6 Å². The molecule has 0 radical (unpaired) electrons. The van der Waals surface area contributed by atoms with Gasteiger partial charge in [0, 0.05) is 6.54 Å². The Balaban J connectivity index is 1.68. The van der Waals surface area contributed by atoms with Crippen molar-refractivity contribution in [2.24, 2.45) is 0 Å². The van der Waals surface area contributed by atoms with Gasteiger partial charge in [-0.3, -0.25) is 0 Å². The fourth-order valence-corrected chi connectivity index (χ4v) is 5.84. The molecule has 0 spiro atoms. The summed E-state index contributed by atoms with van der Waals surface area (Å²) in [5.74, 6) is 7.69. The maximum Gasteiger partial charge on any atom is 0.416 e. The molecule has 1 aliphatic heterocycles. The molecule has 9 heteroatoms. The van der Waals surface area contributed by atoms with Crippen LogP contribution in [0.15, 0.2) is 24.3 Å². The average molecular weight is 481 g/mol. The number of alkyl halides is 3. The van der Waals surface area contributed by atoms with Crippen LogP contribution in [0.2, 0.25) is 5.15 Å². The number of aromatic nitrogens is 3. The molecule has 4 rings (SSSR count). The second-order valence-electron chi connectivity index (χ2n) is 8.09. The van der Waals surface area contributed by atoms with E-state index in [1.165, 1.54) is 13.0 Å². The van der Waals surface area contributed by atoms with Crippen molar-refractivity contribution in [1.29, 1.82) is 0 Å². The van der Waals surface area contributed by atoms with E-state index in [1.54, 1.807) is 13.0 Å². The zero-order valence-electron chi connectivity index (χ0n) is 17.9. The first-order valence-electron chi connectivity index (χ1n) is 10.3. The number of fused-ring (bicyclic) bond motifs is 1. The summed E-state index contributed by atoms with van der Waals surface area (Å²) in [4.78, 5) is 13.4. The van der Waals surface area contributed by atoms with Gasteiger partial charge in [0.2, 0.25) is 0 Å². The van der Waals surface area contributed by atoms with Crippen LogP contribution in [0.3, 0.4) is 0 Å². The third-order valence-electron chi connectivity index (χ3n) is 5.93. The van der Waals surface area contributed by atoms with Crippen molar-refractivity contribution in [1.82, 2.24) is 15.0 Å². The van der Waals surface area contributed by atoms with Crippen molar-refractivity contribution in [2.45, 2.75) is 45.3 Å². The van der Waals surface area contributed by atoms with E-state index in [0.717, 1.165) is 41.4 Å². The molecule has 0 unspecified atom stereocenters. The number of pyridine rings is 1. The quantitative estimate of drug-likeness (QED) is 0.342. The summed E-state index contributed by atoms with van der Waals surface area (Å²) in [6, 6.07) is 6.20. The minimum Gasteiger partial charge on any atom is -0.365 e. The zero-order chi connectivity index (χ0) is 23.0. The van der Waals surface area contributed by atoms with Crippen LogP contribution >= 0.6 is 22.1 Å². The van der Waals surface area contributed by atoms with Gasteiger partial charge in [0.1, 0.15) is 16.8 Å². The summed E-state index contributed by atoms with van der Waals surface area (Å²) in [5.41, 5.74) is 1.58. The molecular formula is C23H24ClF3N4S. The first-order chi connectivity index (χ1) is 15.1. The highest BCUT2D eigenvalue weighted by Crippen LogP contribution is 2.38. The summed E-state index contributed by atoms with van der Waals surface area (Å²) in [7, 11) is 0.208. The fraction of sp³-hybridized carbons (Fsp3) is 0.391. The van der Waals surface area contributed by atoms with E-state index >= 15 is 0 Å². The molecule has 4 nitrogen and oxygen atoms in total. The van der Waals surface area contributed by atoms with Gasteiger partial charge in [-0.15, -0.1) is 0 Å². The first kappa shape index (κ1) is 23.0. The highest BCUT2D eigenvalue weighted by atomic mass is 35.5. The van der Waals surface area contributed by atoms with Gasteiger partial charge in [-0.05, 0) is 72.9 Å². The molecule has 3 heterocycles. The molecule has 1 aromatic carbocycles. The monoisotopic (exact) mass is 480 g/mol. The first-order valence-corrected chi connectivity index (χ1v) is 12.5. The maximum absolute atomic E-state index is 13.3. The smallest absolute Gasteiger partial charge is 0.365 e.